The molecule has 0 bridgehead atoms. The van der Waals surface area contributed by atoms with Gasteiger partial charge in [0.05, 0.1) is 0 Å². The molecule has 82 valence electrons. The van der Waals surface area contributed by atoms with Crippen molar-refractivity contribution in [2.24, 2.45) is 0 Å². The highest BCUT2D eigenvalue weighted by molar-refractivity contribution is 8.35. The summed E-state index contributed by atoms with van der Waals surface area (Å²) >= 11 is 0. The van der Waals surface area contributed by atoms with Crippen molar-refractivity contribution in [2.45, 2.75) is 25.8 Å². The van der Waals surface area contributed by atoms with Crippen LogP contribution in [0.1, 0.15) is 24.4 Å². The third-order valence-corrected chi connectivity index (χ3v) is 3.19. The summed E-state index contributed by atoms with van der Waals surface area (Å²) < 4.78 is 2.28. The first-order valence-corrected chi connectivity index (χ1v) is 8.17. The van der Waals surface area contributed by atoms with Gasteiger partial charge in [-0.05, 0) is 49.2 Å². The van der Waals surface area contributed by atoms with E-state index in [9.17, 15) is 0 Å². The highest BCUT2D eigenvalue weighted by Gasteiger charge is 2.12. The van der Waals surface area contributed by atoms with Gasteiger partial charge in [-0.1, -0.05) is 0 Å². The maximum absolute atomic E-state index is 4.40. The van der Waals surface area contributed by atoms with Crippen molar-refractivity contribution in [3.63, 3.8) is 0 Å². The first-order chi connectivity index (χ1) is 7.06. The second-order valence-electron chi connectivity index (χ2n) is 4.75. The SMILES string of the molecule is CS(C)(C)C#Cc1ncc2n1CCCC2. The maximum Gasteiger partial charge on any atom is 0.186 e. The molecule has 2 nitrogen and oxygen atoms in total. The Bertz CT molecular complexity index is 415. The highest BCUT2D eigenvalue weighted by Crippen LogP contribution is 2.32. The summed E-state index contributed by atoms with van der Waals surface area (Å²) in [6.07, 6.45) is 12.3. The van der Waals surface area contributed by atoms with Crippen LogP contribution in [0.5, 0.6) is 0 Å². The summed E-state index contributed by atoms with van der Waals surface area (Å²) in [7, 11) is -0.741. The molecule has 0 saturated carbocycles. The summed E-state index contributed by atoms with van der Waals surface area (Å²) in [6, 6.07) is 0. The molecular formula is C12H18N2S. The van der Waals surface area contributed by atoms with E-state index in [4.69, 9.17) is 0 Å². The molecule has 0 N–H and O–H groups in total. The molecule has 0 atom stereocenters. The monoisotopic (exact) mass is 222 g/mol. The molecule has 1 aliphatic heterocycles. The molecule has 0 fully saturated rings. The van der Waals surface area contributed by atoms with E-state index < -0.39 is 10.0 Å². The lowest BCUT2D eigenvalue weighted by atomic mass is 10.1. The topological polar surface area (TPSA) is 17.8 Å². The van der Waals surface area contributed by atoms with Crippen molar-refractivity contribution in [3.8, 4) is 11.2 Å². The van der Waals surface area contributed by atoms with Crippen LogP contribution in [0.2, 0.25) is 0 Å². The Balaban J connectivity index is 2.29. The number of fused-ring (bicyclic) bond motifs is 1. The van der Waals surface area contributed by atoms with Crippen LogP contribution in [0.4, 0.5) is 0 Å². The predicted molar refractivity (Wildman–Crippen MR) is 67.4 cm³/mol. The van der Waals surface area contributed by atoms with E-state index in [1.54, 1.807) is 0 Å². The Labute approximate surface area is 93.4 Å². The molecule has 1 aromatic rings. The van der Waals surface area contributed by atoms with Gasteiger partial charge in [0, 0.05) is 18.4 Å². The lowest BCUT2D eigenvalue weighted by molar-refractivity contribution is 0.528. The van der Waals surface area contributed by atoms with E-state index in [0.29, 0.717) is 0 Å². The number of rotatable bonds is 0. The standard InChI is InChI=1S/C12H18N2S/c1-15(2,3)9-7-12-13-10-11-6-4-5-8-14(11)12/h10H,4-6,8H2,1-3H3. The average molecular weight is 222 g/mol. The maximum atomic E-state index is 4.40. The minimum Gasteiger partial charge on any atom is -0.321 e. The Morgan fingerprint density at radius 1 is 1.33 bits per heavy atom. The number of hydrogen-bond acceptors (Lipinski definition) is 1. The van der Waals surface area contributed by atoms with Gasteiger partial charge in [-0.25, -0.2) is 4.98 Å². The molecule has 2 heterocycles. The van der Waals surface area contributed by atoms with Gasteiger partial charge >= 0.3 is 0 Å². The predicted octanol–water partition coefficient (Wildman–Crippen LogP) is 2.22. The molecule has 0 aromatic carbocycles. The zero-order valence-electron chi connectivity index (χ0n) is 9.71. The van der Waals surface area contributed by atoms with Crippen molar-refractivity contribution < 1.29 is 0 Å². The van der Waals surface area contributed by atoms with Crippen LogP contribution >= 0.6 is 10.0 Å². The van der Waals surface area contributed by atoms with Crippen LogP contribution in [-0.4, -0.2) is 28.3 Å². The van der Waals surface area contributed by atoms with Gasteiger partial charge < -0.3 is 4.57 Å². The molecular weight excluding hydrogens is 204 g/mol. The zero-order chi connectivity index (χ0) is 10.9. The van der Waals surface area contributed by atoms with Crippen LogP contribution in [-0.2, 0) is 13.0 Å². The number of nitrogens with zero attached hydrogens (tertiary/aromatic N) is 2. The molecule has 15 heavy (non-hydrogen) atoms. The summed E-state index contributed by atoms with van der Waals surface area (Å²) in [5.41, 5.74) is 1.36. The van der Waals surface area contributed by atoms with Gasteiger partial charge in [-0.2, -0.15) is 10.0 Å². The third-order valence-electron chi connectivity index (χ3n) is 2.47. The number of imidazole rings is 1. The molecule has 0 aliphatic carbocycles. The van der Waals surface area contributed by atoms with Crippen molar-refractivity contribution >= 4 is 10.0 Å². The zero-order valence-corrected chi connectivity index (χ0v) is 10.5. The van der Waals surface area contributed by atoms with Crippen molar-refractivity contribution in [1.82, 2.24) is 9.55 Å². The highest BCUT2D eigenvalue weighted by atomic mass is 32.3. The largest absolute Gasteiger partial charge is 0.321 e. The average Bonchev–Trinajstić information content (AvgIpc) is 2.57. The quantitative estimate of drug-likeness (QED) is 0.615. The minimum absolute atomic E-state index is 0.741. The van der Waals surface area contributed by atoms with Gasteiger partial charge in [0.15, 0.2) is 5.82 Å². The second kappa shape index (κ2) is 3.94. The van der Waals surface area contributed by atoms with Crippen LogP contribution in [0.15, 0.2) is 6.20 Å². The first kappa shape index (κ1) is 10.6. The van der Waals surface area contributed by atoms with Crippen molar-refractivity contribution in [3.05, 3.63) is 17.7 Å². The fraction of sp³-hybridized carbons (Fsp3) is 0.583. The normalized spacial score (nSPS) is 16.5. The van der Waals surface area contributed by atoms with Crippen LogP contribution in [0.25, 0.3) is 0 Å². The second-order valence-corrected chi connectivity index (χ2v) is 8.62. The first-order valence-electron chi connectivity index (χ1n) is 5.32. The molecule has 3 heteroatoms. The van der Waals surface area contributed by atoms with E-state index in [2.05, 4.69) is 39.5 Å². The molecule has 0 amide bonds. The van der Waals surface area contributed by atoms with E-state index in [0.717, 1.165) is 18.8 Å². The molecule has 1 aliphatic rings. The Morgan fingerprint density at radius 3 is 2.87 bits per heavy atom. The fourth-order valence-corrected chi connectivity index (χ4v) is 2.13. The molecule has 2 rings (SSSR count). The minimum atomic E-state index is -0.741. The van der Waals surface area contributed by atoms with Gasteiger partial charge in [0.2, 0.25) is 0 Å². The molecule has 0 spiro atoms. The molecule has 0 radical (unpaired) electrons. The van der Waals surface area contributed by atoms with Crippen molar-refractivity contribution in [1.29, 1.82) is 0 Å². The van der Waals surface area contributed by atoms with Gasteiger partial charge in [0.25, 0.3) is 0 Å². The number of aryl methyl sites for hydroxylation is 1. The number of aromatic nitrogens is 2. The van der Waals surface area contributed by atoms with Gasteiger partial charge in [0.1, 0.15) is 0 Å². The Hall–Kier alpha value is -0.880. The van der Waals surface area contributed by atoms with E-state index in [1.165, 1.54) is 18.5 Å². The van der Waals surface area contributed by atoms with Crippen molar-refractivity contribution in [2.75, 3.05) is 18.8 Å². The summed E-state index contributed by atoms with van der Waals surface area (Å²) in [5.74, 6) is 4.20. The van der Waals surface area contributed by atoms with Gasteiger partial charge in [-0.3, -0.25) is 0 Å². The molecule has 1 aromatic heterocycles. The van der Waals surface area contributed by atoms with E-state index >= 15 is 0 Å². The summed E-state index contributed by atoms with van der Waals surface area (Å²) in [5, 5.41) is 3.32. The molecule has 0 saturated heterocycles. The lowest BCUT2D eigenvalue weighted by Gasteiger charge is -2.16. The summed E-state index contributed by atoms with van der Waals surface area (Å²) in [4.78, 5) is 4.40. The van der Waals surface area contributed by atoms with Gasteiger partial charge in [-0.15, -0.1) is 0 Å². The van der Waals surface area contributed by atoms with Crippen LogP contribution in [0.3, 0.4) is 0 Å². The summed E-state index contributed by atoms with van der Waals surface area (Å²) in [6.45, 7) is 1.10. The van der Waals surface area contributed by atoms with Crippen LogP contribution in [0, 0.1) is 11.2 Å². The third kappa shape index (κ3) is 2.57. The Morgan fingerprint density at radius 2 is 2.13 bits per heavy atom. The fourth-order valence-electron chi connectivity index (χ4n) is 1.73. The Kier molecular flexibility index (Phi) is 2.79. The lowest BCUT2D eigenvalue weighted by Crippen LogP contribution is -2.11. The molecule has 0 unspecified atom stereocenters. The van der Waals surface area contributed by atoms with Crippen LogP contribution < -0.4 is 0 Å². The van der Waals surface area contributed by atoms with E-state index in [1.807, 2.05) is 6.20 Å². The number of hydrogen-bond donors (Lipinski definition) is 0. The smallest absolute Gasteiger partial charge is 0.186 e. The van der Waals surface area contributed by atoms with E-state index in [-0.39, 0.29) is 0 Å².